The topological polar surface area (TPSA) is 25.8 Å². The third kappa shape index (κ3) is 3.70. The molecule has 0 aliphatic heterocycles. The largest absolute Gasteiger partial charge is 0.217 e. The minimum absolute atomic E-state index is 0.191. The molecule has 1 aliphatic carbocycles. The zero-order valence-electron chi connectivity index (χ0n) is 9.26. The van der Waals surface area contributed by atoms with E-state index in [0.29, 0.717) is 16.8 Å². The number of nitrogens with zero attached hydrogens (tertiary/aromatic N) is 2. The second-order valence-corrected chi connectivity index (χ2v) is 6.11. The molecule has 94 valence electrons. The van der Waals surface area contributed by atoms with Crippen molar-refractivity contribution in [2.45, 2.75) is 43.1 Å². The molecule has 0 saturated heterocycles. The van der Waals surface area contributed by atoms with Crippen LogP contribution in [0.5, 0.6) is 0 Å². The molecule has 1 fully saturated rings. The highest BCUT2D eigenvalue weighted by atomic mass is 35.5. The fourth-order valence-corrected chi connectivity index (χ4v) is 3.53. The van der Waals surface area contributed by atoms with Crippen molar-refractivity contribution in [3.63, 3.8) is 0 Å². The standard InChI is InChI=1S/C11H13Cl2FN2S/c12-10-9(14)11(13)16-8(15-10)6-17-7-4-2-1-3-5-7/h7H,1-6H2. The molecule has 0 radical (unpaired) electrons. The molecule has 0 N–H and O–H groups in total. The lowest BCUT2D eigenvalue weighted by atomic mass is 10.0. The maximum atomic E-state index is 13.1. The minimum atomic E-state index is -0.736. The predicted octanol–water partition coefficient (Wildman–Crippen LogP) is 4.49. The van der Waals surface area contributed by atoms with Gasteiger partial charge in [0.2, 0.25) is 0 Å². The number of aromatic nitrogens is 2. The number of halogens is 3. The highest BCUT2D eigenvalue weighted by molar-refractivity contribution is 7.99. The third-order valence-corrected chi connectivity index (χ3v) is 4.69. The molecule has 2 nitrogen and oxygen atoms in total. The van der Waals surface area contributed by atoms with E-state index >= 15 is 0 Å². The molecule has 17 heavy (non-hydrogen) atoms. The van der Waals surface area contributed by atoms with Gasteiger partial charge in [0.15, 0.2) is 16.1 Å². The molecule has 0 amide bonds. The molecule has 0 atom stereocenters. The first kappa shape index (κ1) is 13.4. The van der Waals surface area contributed by atoms with Gasteiger partial charge in [0.05, 0.1) is 5.75 Å². The van der Waals surface area contributed by atoms with Crippen LogP contribution in [0, 0.1) is 5.82 Å². The number of hydrogen-bond donors (Lipinski definition) is 0. The van der Waals surface area contributed by atoms with E-state index < -0.39 is 5.82 Å². The van der Waals surface area contributed by atoms with Crippen LogP contribution >= 0.6 is 35.0 Å². The Hall–Kier alpha value is -0.0600. The Morgan fingerprint density at radius 1 is 1.12 bits per heavy atom. The number of rotatable bonds is 3. The monoisotopic (exact) mass is 294 g/mol. The Bertz CT molecular complexity index is 374. The van der Waals surface area contributed by atoms with Gasteiger partial charge in [-0.3, -0.25) is 0 Å². The summed E-state index contributed by atoms with van der Waals surface area (Å²) in [5.74, 6) is 0.418. The van der Waals surface area contributed by atoms with Gasteiger partial charge in [-0.2, -0.15) is 11.8 Å². The summed E-state index contributed by atoms with van der Waals surface area (Å²) in [5, 5.41) is 0.281. The summed E-state index contributed by atoms with van der Waals surface area (Å²) >= 11 is 13.1. The summed E-state index contributed by atoms with van der Waals surface area (Å²) < 4.78 is 13.1. The first-order chi connectivity index (χ1) is 8.16. The van der Waals surface area contributed by atoms with E-state index in [-0.39, 0.29) is 10.3 Å². The van der Waals surface area contributed by atoms with Crippen LogP contribution in [0.2, 0.25) is 10.3 Å². The molecule has 0 bridgehead atoms. The van der Waals surface area contributed by atoms with Crippen LogP contribution < -0.4 is 0 Å². The van der Waals surface area contributed by atoms with Crippen molar-refractivity contribution in [3.05, 3.63) is 21.9 Å². The lowest BCUT2D eigenvalue weighted by Crippen LogP contribution is -2.09. The molecule has 0 spiro atoms. The lowest BCUT2D eigenvalue weighted by Gasteiger charge is -2.20. The van der Waals surface area contributed by atoms with E-state index in [1.165, 1.54) is 32.1 Å². The average Bonchev–Trinajstić information content (AvgIpc) is 2.34. The molecule has 1 aromatic rings. The van der Waals surface area contributed by atoms with E-state index in [4.69, 9.17) is 23.2 Å². The normalized spacial score (nSPS) is 17.4. The summed E-state index contributed by atoms with van der Waals surface area (Å²) in [6.07, 6.45) is 6.41. The van der Waals surface area contributed by atoms with Gasteiger partial charge >= 0.3 is 0 Å². The van der Waals surface area contributed by atoms with Gasteiger partial charge in [0.25, 0.3) is 0 Å². The van der Waals surface area contributed by atoms with Crippen molar-refractivity contribution in [2.24, 2.45) is 0 Å². The SMILES string of the molecule is Fc1c(Cl)nc(CSC2CCCCC2)nc1Cl. The minimum Gasteiger partial charge on any atom is -0.217 e. The van der Waals surface area contributed by atoms with Crippen LogP contribution in [-0.4, -0.2) is 15.2 Å². The van der Waals surface area contributed by atoms with Gasteiger partial charge in [-0.25, -0.2) is 14.4 Å². The second-order valence-electron chi connectivity index (χ2n) is 4.11. The van der Waals surface area contributed by atoms with Crippen LogP contribution in [0.3, 0.4) is 0 Å². The zero-order chi connectivity index (χ0) is 12.3. The molecule has 1 saturated carbocycles. The van der Waals surface area contributed by atoms with Gasteiger partial charge in [-0.15, -0.1) is 0 Å². The van der Waals surface area contributed by atoms with Gasteiger partial charge in [0, 0.05) is 5.25 Å². The van der Waals surface area contributed by atoms with Gasteiger partial charge < -0.3 is 0 Å². The van der Waals surface area contributed by atoms with E-state index in [1.807, 2.05) is 11.8 Å². The Kier molecular flexibility index (Phi) is 4.88. The molecule has 0 aromatic carbocycles. The average molecular weight is 295 g/mol. The first-order valence-electron chi connectivity index (χ1n) is 5.66. The molecule has 1 aromatic heterocycles. The van der Waals surface area contributed by atoms with Crippen LogP contribution in [0.4, 0.5) is 4.39 Å². The fourth-order valence-electron chi connectivity index (χ4n) is 1.92. The lowest BCUT2D eigenvalue weighted by molar-refractivity contribution is 0.516. The zero-order valence-corrected chi connectivity index (χ0v) is 11.6. The van der Waals surface area contributed by atoms with Crippen LogP contribution in [0.1, 0.15) is 37.9 Å². The Balaban J connectivity index is 1.94. The van der Waals surface area contributed by atoms with Crippen LogP contribution in [0.15, 0.2) is 0 Å². The maximum absolute atomic E-state index is 13.1. The van der Waals surface area contributed by atoms with Gasteiger partial charge in [0.1, 0.15) is 5.82 Å². The second kappa shape index (κ2) is 6.21. The molecular formula is C11H13Cl2FN2S. The quantitative estimate of drug-likeness (QED) is 0.768. The summed E-state index contributed by atoms with van der Waals surface area (Å²) in [7, 11) is 0. The van der Waals surface area contributed by atoms with Crippen LogP contribution in [0.25, 0.3) is 0 Å². The van der Waals surface area contributed by atoms with E-state index in [9.17, 15) is 4.39 Å². The molecular weight excluding hydrogens is 282 g/mol. The van der Waals surface area contributed by atoms with Crippen molar-refractivity contribution in [1.82, 2.24) is 9.97 Å². The van der Waals surface area contributed by atoms with Crippen molar-refractivity contribution >= 4 is 35.0 Å². The van der Waals surface area contributed by atoms with Crippen LogP contribution in [-0.2, 0) is 5.75 Å². The maximum Gasteiger partial charge on any atom is 0.197 e. The highest BCUT2D eigenvalue weighted by Gasteiger charge is 2.16. The molecule has 0 unspecified atom stereocenters. The Morgan fingerprint density at radius 3 is 2.29 bits per heavy atom. The third-order valence-electron chi connectivity index (χ3n) is 2.82. The number of thioether (sulfide) groups is 1. The smallest absolute Gasteiger partial charge is 0.197 e. The van der Waals surface area contributed by atoms with Crippen molar-refractivity contribution in [2.75, 3.05) is 0 Å². The molecule has 6 heteroatoms. The first-order valence-corrected chi connectivity index (χ1v) is 7.46. The van der Waals surface area contributed by atoms with Gasteiger partial charge in [-0.1, -0.05) is 42.5 Å². The Morgan fingerprint density at radius 2 is 1.71 bits per heavy atom. The highest BCUT2D eigenvalue weighted by Crippen LogP contribution is 2.30. The predicted molar refractivity (Wildman–Crippen MR) is 70.2 cm³/mol. The van der Waals surface area contributed by atoms with Crippen molar-refractivity contribution in [3.8, 4) is 0 Å². The van der Waals surface area contributed by atoms with Crippen molar-refractivity contribution in [1.29, 1.82) is 0 Å². The van der Waals surface area contributed by atoms with Crippen molar-refractivity contribution < 1.29 is 4.39 Å². The summed E-state index contributed by atoms with van der Waals surface area (Å²) in [6, 6.07) is 0. The van der Waals surface area contributed by atoms with Gasteiger partial charge in [-0.05, 0) is 12.8 Å². The molecule has 1 aliphatic rings. The van der Waals surface area contributed by atoms with E-state index in [1.54, 1.807) is 0 Å². The summed E-state index contributed by atoms with van der Waals surface area (Å²) in [6.45, 7) is 0. The fraction of sp³-hybridized carbons (Fsp3) is 0.636. The Labute approximate surface area is 114 Å². The molecule has 2 rings (SSSR count). The molecule has 1 heterocycles. The summed E-state index contributed by atoms with van der Waals surface area (Å²) in [5.41, 5.74) is 0. The van der Waals surface area contributed by atoms with E-state index in [0.717, 1.165) is 0 Å². The summed E-state index contributed by atoms with van der Waals surface area (Å²) in [4.78, 5) is 7.78. The number of hydrogen-bond acceptors (Lipinski definition) is 3. The van der Waals surface area contributed by atoms with E-state index in [2.05, 4.69) is 9.97 Å².